The van der Waals surface area contributed by atoms with Crippen molar-refractivity contribution >= 4 is 0 Å². The summed E-state index contributed by atoms with van der Waals surface area (Å²) in [6.07, 6.45) is -2.33. The Kier molecular flexibility index (Phi) is 3.89. The molecule has 1 rings (SSSR count). The fraction of sp³-hybridized carbons (Fsp3) is 0.300. The summed E-state index contributed by atoms with van der Waals surface area (Å²) in [4.78, 5) is 0. The van der Waals surface area contributed by atoms with Crippen LogP contribution in [0.25, 0.3) is 0 Å². The maximum Gasteiger partial charge on any atom is 0.181 e. The Balaban J connectivity index is 2.35. The van der Waals surface area contributed by atoms with Crippen LogP contribution in [0.4, 0.5) is 0 Å². The Morgan fingerprint density at radius 1 is 1.23 bits per heavy atom. The average molecular weight is 181 g/mol. The van der Waals surface area contributed by atoms with Gasteiger partial charge in [-0.25, -0.2) is 0 Å². The van der Waals surface area contributed by atoms with E-state index in [0.29, 0.717) is 0 Å². The first-order valence-corrected chi connectivity index (χ1v) is 4.05. The van der Waals surface area contributed by atoms with Crippen LogP contribution >= 0.6 is 0 Å². The monoisotopic (exact) mass is 181 g/mol. The first kappa shape index (κ1) is 10.2. The van der Waals surface area contributed by atoms with Crippen LogP contribution in [-0.2, 0) is 11.3 Å². The van der Waals surface area contributed by atoms with Gasteiger partial charge in [-0.05, 0) is 12.5 Å². The largest absolute Gasteiger partial charge is 0.388 e. The van der Waals surface area contributed by atoms with E-state index in [1.165, 1.54) is 0 Å². The SMILES string of the molecule is [CH2]C(O)C(O)OCc1ccccc1. The molecule has 0 aliphatic heterocycles. The number of benzene rings is 1. The number of rotatable bonds is 4. The zero-order chi connectivity index (χ0) is 9.68. The molecule has 1 aromatic rings. The average Bonchev–Trinajstić information content (AvgIpc) is 2.15. The van der Waals surface area contributed by atoms with E-state index in [2.05, 4.69) is 6.92 Å². The number of aliphatic hydroxyl groups excluding tert-OH is 2. The molecule has 3 heteroatoms. The highest BCUT2D eigenvalue weighted by Gasteiger charge is 2.10. The summed E-state index contributed by atoms with van der Waals surface area (Å²) in [5.41, 5.74) is 0.946. The number of ether oxygens (including phenoxy) is 1. The number of hydrogen-bond acceptors (Lipinski definition) is 3. The molecule has 2 N–H and O–H groups in total. The van der Waals surface area contributed by atoms with Gasteiger partial charge in [0.1, 0.15) is 6.10 Å². The van der Waals surface area contributed by atoms with Crippen LogP contribution in [0.3, 0.4) is 0 Å². The lowest BCUT2D eigenvalue weighted by Crippen LogP contribution is -2.25. The minimum absolute atomic E-state index is 0.272. The van der Waals surface area contributed by atoms with Crippen LogP contribution in [-0.4, -0.2) is 22.6 Å². The minimum Gasteiger partial charge on any atom is -0.388 e. The highest BCUT2D eigenvalue weighted by molar-refractivity contribution is 5.13. The van der Waals surface area contributed by atoms with E-state index in [1.54, 1.807) is 0 Å². The Morgan fingerprint density at radius 2 is 1.85 bits per heavy atom. The molecule has 1 aromatic carbocycles. The van der Waals surface area contributed by atoms with E-state index in [-0.39, 0.29) is 6.61 Å². The van der Waals surface area contributed by atoms with Gasteiger partial charge in [-0.2, -0.15) is 0 Å². The Bertz CT molecular complexity index is 233. The molecule has 0 fully saturated rings. The Hall–Kier alpha value is -0.900. The van der Waals surface area contributed by atoms with Gasteiger partial charge >= 0.3 is 0 Å². The molecular formula is C10H13O3. The zero-order valence-electron chi connectivity index (χ0n) is 7.26. The summed E-state index contributed by atoms with van der Waals surface area (Å²) in [6, 6.07) is 9.41. The third kappa shape index (κ3) is 3.55. The minimum atomic E-state index is -1.22. The molecule has 0 saturated heterocycles. The van der Waals surface area contributed by atoms with Crippen LogP contribution in [0.2, 0.25) is 0 Å². The molecule has 13 heavy (non-hydrogen) atoms. The summed E-state index contributed by atoms with van der Waals surface area (Å²) < 4.78 is 4.93. The molecule has 0 aliphatic carbocycles. The predicted molar refractivity (Wildman–Crippen MR) is 48.6 cm³/mol. The highest BCUT2D eigenvalue weighted by atomic mass is 16.6. The molecule has 2 unspecified atom stereocenters. The molecule has 0 spiro atoms. The summed E-state index contributed by atoms with van der Waals surface area (Å²) >= 11 is 0. The van der Waals surface area contributed by atoms with Crippen molar-refractivity contribution in [1.82, 2.24) is 0 Å². The summed E-state index contributed by atoms with van der Waals surface area (Å²) in [5.74, 6) is 0. The molecule has 3 nitrogen and oxygen atoms in total. The highest BCUT2D eigenvalue weighted by Crippen LogP contribution is 2.03. The lowest BCUT2D eigenvalue weighted by Gasteiger charge is -2.13. The molecule has 0 heterocycles. The van der Waals surface area contributed by atoms with Gasteiger partial charge < -0.3 is 14.9 Å². The zero-order valence-corrected chi connectivity index (χ0v) is 7.26. The fourth-order valence-electron chi connectivity index (χ4n) is 0.867. The van der Waals surface area contributed by atoms with E-state index in [1.807, 2.05) is 30.3 Å². The smallest absolute Gasteiger partial charge is 0.181 e. The molecule has 0 saturated carbocycles. The second kappa shape index (κ2) is 4.97. The van der Waals surface area contributed by atoms with Gasteiger partial charge in [0.15, 0.2) is 6.29 Å². The summed E-state index contributed by atoms with van der Waals surface area (Å²) in [6.45, 7) is 3.50. The molecule has 0 aromatic heterocycles. The van der Waals surface area contributed by atoms with E-state index < -0.39 is 12.4 Å². The maximum atomic E-state index is 9.05. The lowest BCUT2D eigenvalue weighted by molar-refractivity contribution is -0.155. The fourth-order valence-corrected chi connectivity index (χ4v) is 0.867. The molecular weight excluding hydrogens is 168 g/mol. The van der Waals surface area contributed by atoms with E-state index in [4.69, 9.17) is 14.9 Å². The molecule has 1 radical (unpaired) electrons. The summed E-state index contributed by atoms with van der Waals surface area (Å²) in [7, 11) is 0. The van der Waals surface area contributed by atoms with Gasteiger partial charge in [-0.15, -0.1) is 0 Å². The van der Waals surface area contributed by atoms with E-state index in [9.17, 15) is 0 Å². The second-order valence-corrected chi connectivity index (χ2v) is 2.75. The van der Waals surface area contributed by atoms with Crippen LogP contribution in [0.15, 0.2) is 30.3 Å². The van der Waals surface area contributed by atoms with Crippen molar-refractivity contribution in [3.8, 4) is 0 Å². The first-order valence-electron chi connectivity index (χ1n) is 4.05. The molecule has 0 amide bonds. The molecule has 0 aliphatic rings. The standard InChI is InChI=1S/C10H13O3/c1-8(11)10(12)13-7-9-5-3-2-4-6-9/h2-6,8,10-12H,1,7H2. The van der Waals surface area contributed by atoms with Gasteiger partial charge in [0.05, 0.1) is 6.61 Å². The van der Waals surface area contributed by atoms with Gasteiger partial charge in [-0.3, -0.25) is 0 Å². The summed E-state index contributed by atoms with van der Waals surface area (Å²) in [5, 5.41) is 17.9. The van der Waals surface area contributed by atoms with Crippen molar-refractivity contribution in [1.29, 1.82) is 0 Å². The topological polar surface area (TPSA) is 49.7 Å². The third-order valence-corrected chi connectivity index (χ3v) is 1.59. The van der Waals surface area contributed by atoms with Crippen molar-refractivity contribution in [3.05, 3.63) is 42.8 Å². The van der Waals surface area contributed by atoms with Gasteiger partial charge in [0, 0.05) is 0 Å². The van der Waals surface area contributed by atoms with Crippen molar-refractivity contribution in [2.24, 2.45) is 0 Å². The molecule has 2 atom stereocenters. The normalized spacial score (nSPS) is 15.3. The van der Waals surface area contributed by atoms with Crippen LogP contribution in [0, 0.1) is 6.92 Å². The quantitative estimate of drug-likeness (QED) is 0.673. The van der Waals surface area contributed by atoms with Crippen LogP contribution < -0.4 is 0 Å². The lowest BCUT2D eigenvalue weighted by atomic mass is 10.2. The van der Waals surface area contributed by atoms with Crippen molar-refractivity contribution in [2.75, 3.05) is 0 Å². The van der Waals surface area contributed by atoms with E-state index >= 15 is 0 Å². The van der Waals surface area contributed by atoms with Gasteiger partial charge in [-0.1, -0.05) is 30.3 Å². The predicted octanol–water partition coefficient (Wildman–Crippen LogP) is 0.717. The maximum absolute atomic E-state index is 9.05. The number of hydrogen-bond donors (Lipinski definition) is 2. The third-order valence-electron chi connectivity index (χ3n) is 1.59. The molecule has 71 valence electrons. The number of aliphatic hydroxyl groups is 2. The Labute approximate surface area is 77.6 Å². The first-order chi connectivity index (χ1) is 6.20. The van der Waals surface area contributed by atoms with Crippen molar-refractivity contribution in [2.45, 2.75) is 19.0 Å². The van der Waals surface area contributed by atoms with Crippen LogP contribution in [0.1, 0.15) is 5.56 Å². The van der Waals surface area contributed by atoms with Gasteiger partial charge in [0.2, 0.25) is 0 Å². The second-order valence-electron chi connectivity index (χ2n) is 2.75. The van der Waals surface area contributed by atoms with E-state index in [0.717, 1.165) is 5.56 Å². The van der Waals surface area contributed by atoms with Gasteiger partial charge in [0.25, 0.3) is 0 Å². The van der Waals surface area contributed by atoms with Crippen molar-refractivity contribution in [3.63, 3.8) is 0 Å². The molecule has 0 bridgehead atoms. The van der Waals surface area contributed by atoms with Crippen LogP contribution in [0.5, 0.6) is 0 Å². The van der Waals surface area contributed by atoms with Crippen molar-refractivity contribution < 1.29 is 14.9 Å². The Morgan fingerprint density at radius 3 is 2.38 bits per heavy atom.